The van der Waals surface area contributed by atoms with E-state index in [2.05, 4.69) is 20.6 Å². The van der Waals surface area contributed by atoms with Crippen molar-refractivity contribution < 1.29 is 9.15 Å². The van der Waals surface area contributed by atoms with Crippen molar-refractivity contribution in [3.8, 4) is 5.75 Å². The van der Waals surface area contributed by atoms with Crippen LogP contribution in [0.15, 0.2) is 59.5 Å². The van der Waals surface area contributed by atoms with Crippen LogP contribution in [0.25, 0.3) is 0 Å². The number of benzene rings is 1. The third kappa shape index (κ3) is 3.54. The van der Waals surface area contributed by atoms with Crippen LogP contribution in [0.3, 0.4) is 0 Å². The first kappa shape index (κ1) is 13.9. The van der Waals surface area contributed by atoms with Crippen molar-refractivity contribution in [2.75, 3.05) is 17.7 Å². The predicted octanol–water partition coefficient (Wildman–Crippen LogP) is 3.43. The van der Waals surface area contributed by atoms with E-state index in [-0.39, 0.29) is 0 Å². The third-order valence-electron chi connectivity index (χ3n) is 3.05. The van der Waals surface area contributed by atoms with E-state index < -0.39 is 0 Å². The number of nitrogens with one attached hydrogen (secondary N) is 2. The van der Waals surface area contributed by atoms with Crippen molar-refractivity contribution in [2.24, 2.45) is 0 Å². The lowest BCUT2D eigenvalue weighted by Gasteiger charge is -2.08. The van der Waals surface area contributed by atoms with Gasteiger partial charge in [0.2, 0.25) is 0 Å². The maximum absolute atomic E-state index is 5.27. The first-order valence-electron chi connectivity index (χ1n) is 6.83. The molecule has 0 radical (unpaired) electrons. The summed E-state index contributed by atoms with van der Waals surface area (Å²) < 4.78 is 10.4. The van der Waals surface area contributed by atoms with Crippen LogP contribution in [-0.2, 0) is 6.54 Å². The summed E-state index contributed by atoms with van der Waals surface area (Å²) in [4.78, 5) is 8.39. The Labute approximate surface area is 128 Å². The number of hydrogen-bond acceptors (Lipinski definition) is 6. The number of ether oxygens (including phenoxy) is 1. The molecule has 2 N–H and O–H groups in total. The van der Waals surface area contributed by atoms with Crippen LogP contribution in [0.5, 0.6) is 5.75 Å². The van der Waals surface area contributed by atoms with Crippen LogP contribution in [0, 0.1) is 0 Å². The van der Waals surface area contributed by atoms with Gasteiger partial charge in [0.1, 0.15) is 29.5 Å². The number of hydrogen-bond donors (Lipinski definition) is 2. The Morgan fingerprint density at radius 1 is 1.09 bits per heavy atom. The van der Waals surface area contributed by atoms with Crippen molar-refractivity contribution >= 4 is 17.3 Å². The lowest BCUT2D eigenvalue weighted by Crippen LogP contribution is -2.02. The molecule has 2 aromatic heterocycles. The van der Waals surface area contributed by atoms with Crippen LogP contribution < -0.4 is 15.4 Å². The molecule has 0 unspecified atom stereocenters. The van der Waals surface area contributed by atoms with E-state index in [1.165, 1.54) is 6.33 Å². The predicted molar refractivity (Wildman–Crippen MR) is 84.3 cm³/mol. The molecule has 0 bridgehead atoms. The molecule has 0 aliphatic heterocycles. The van der Waals surface area contributed by atoms with Gasteiger partial charge in [0.15, 0.2) is 0 Å². The molecule has 0 saturated heterocycles. The van der Waals surface area contributed by atoms with Gasteiger partial charge in [-0.2, -0.15) is 0 Å². The number of methoxy groups -OCH3 is 1. The number of furan rings is 1. The van der Waals surface area contributed by atoms with E-state index in [0.717, 1.165) is 23.0 Å². The molecule has 112 valence electrons. The molecule has 0 aliphatic rings. The fourth-order valence-corrected chi connectivity index (χ4v) is 1.94. The zero-order chi connectivity index (χ0) is 15.2. The first-order chi connectivity index (χ1) is 10.8. The number of anilines is 3. The lowest BCUT2D eigenvalue weighted by atomic mass is 10.3. The molecular formula is C16H16N4O2. The van der Waals surface area contributed by atoms with Crippen LogP contribution in [0.4, 0.5) is 17.3 Å². The molecule has 6 heteroatoms. The van der Waals surface area contributed by atoms with Crippen LogP contribution >= 0.6 is 0 Å². The highest BCUT2D eigenvalue weighted by Crippen LogP contribution is 2.19. The molecule has 0 saturated carbocycles. The Bertz CT molecular complexity index is 711. The highest BCUT2D eigenvalue weighted by molar-refractivity contribution is 5.59. The average molecular weight is 296 g/mol. The SMILES string of the molecule is COc1ccc(Nc2cc(NCc3ccco3)ncn2)cc1. The van der Waals surface area contributed by atoms with Gasteiger partial charge in [0, 0.05) is 11.8 Å². The van der Waals surface area contributed by atoms with Gasteiger partial charge in [-0.25, -0.2) is 9.97 Å². The zero-order valence-electron chi connectivity index (χ0n) is 12.1. The van der Waals surface area contributed by atoms with E-state index in [1.54, 1.807) is 13.4 Å². The molecule has 0 atom stereocenters. The van der Waals surface area contributed by atoms with Crippen molar-refractivity contribution in [1.82, 2.24) is 9.97 Å². The smallest absolute Gasteiger partial charge is 0.135 e. The second-order valence-corrected chi connectivity index (χ2v) is 4.57. The third-order valence-corrected chi connectivity index (χ3v) is 3.05. The molecule has 3 rings (SSSR count). The first-order valence-corrected chi connectivity index (χ1v) is 6.83. The molecule has 2 heterocycles. The number of aromatic nitrogens is 2. The molecular weight excluding hydrogens is 280 g/mol. The van der Waals surface area contributed by atoms with Crippen molar-refractivity contribution in [3.63, 3.8) is 0 Å². The highest BCUT2D eigenvalue weighted by Gasteiger charge is 2.01. The molecule has 1 aromatic carbocycles. The maximum atomic E-state index is 5.27. The fraction of sp³-hybridized carbons (Fsp3) is 0.125. The Hall–Kier alpha value is -3.02. The minimum absolute atomic E-state index is 0.575. The average Bonchev–Trinajstić information content (AvgIpc) is 3.08. The molecule has 6 nitrogen and oxygen atoms in total. The van der Waals surface area contributed by atoms with E-state index >= 15 is 0 Å². The molecule has 0 aliphatic carbocycles. The van der Waals surface area contributed by atoms with Gasteiger partial charge in [0.25, 0.3) is 0 Å². The van der Waals surface area contributed by atoms with E-state index in [4.69, 9.17) is 9.15 Å². The second-order valence-electron chi connectivity index (χ2n) is 4.57. The van der Waals surface area contributed by atoms with Crippen molar-refractivity contribution in [2.45, 2.75) is 6.54 Å². The standard InChI is InChI=1S/C16H16N4O2/c1-21-13-6-4-12(5-7-13)20-16-9-15(18-11-19-16)17-10-14-3-2-8-22-14/h2-9,11H,10H2,1H3,(H2,17,18,19,20). The number of nitrogens with zero attached hydrogens (tertiary/aromatic N) is 2. The van der Waals surface area contributed by atoms with Gasteiger partial charge in [-0.1, -0.05) is 0 Å². The van der Waals surface area contributed by atoms with Crippen LogP contribution in [0.1, 0.15) is 5.76 Å². The van der Waals surface area contributed by atoms with Gasteiger partial charge >= 0.3 is 0 Å². The molecule has 3 aromatic rings. The molecule has 0 fully saturated rings. The normalized spacial score (nSPS) is 10.2. The summed E-state index contributed by atoms with van der Waals surface area (Å²) in [5.41, 5.74) is 0.927. The van der Waals surface area contributed by atoms with Gasteiger partial charge in [0.05, 0.1) is 19.9 Å². The zero-order valence-corrected chi connectivity index (χ0v) is 12.1. The van der Waals surface area contributed by atoms with E-state index in [0.29, 0.717) is 12.4 Å². The van der Waals surface area contributed by atoms with Crippen LogP contribution in [0.2, 0.25) is 0 Å². The summed E-state index contributed by atoms with van der Waals surface area (Å²) in [7, 11) is 1.64. The van der Waals surface area contributed by atoms with Gasteiger partial charge in [-0.3, -0.25) is 0 Å². The maximum Gasteiger partial charge on any atom is 0.135 e. The molecule has 22 heavy (non-hydrogen) atoms. The Morgan fingerprint density at radius 2 is 1.91 bits per heavy atom. The topological polar surface area (TPSA) is 72.2 Å². The summed E-state index contributed by atoms with van der Waals surface area (Å²) >= 11 is 0. The monoisotopic (exact) mass is 296 g/mol. The minimum Gasteiger partial charge on any atom is -0.497 e. The summed E-state index contributed by atoms with van der Waals surface area (Å²) in [5, 5.41) is 6.41. The van der Waals surface area contributed by atoms with E-state index in [1.807, 2.05) is 42.5 Å². The molecule has 0 spiro atoms. The molecule has 0 amide bonds. The lowest BCUT2D eigenvalue weighted by molar-refractivity contribution is 0.415. The summed E-state index contributed by atoms with van der Waals surface area (Å²) in [6, 6.07) is 13.2. The summed E-state index contributed by atoms with van der Waals surface area (Å²) in [5.74, 6) is 3.10. The van der Waals surface area contributed by atoms with Gasteiger partial charge in [-0.05, 0) is 36.4 Å². The number of rotatable bonds is 6. The minimum atomic E-state index is 0.575. The second kappa shape index (κ2) is 6.62. The van der Waals surface area contributed by atoms with E-state index in [9.17, 15) is 0 Å². The van der Waals surface area contributed by atoms with Crippen molar-refractivity contribution in [3.05, 3.63) is 60.8 Å². The van der Waals surface area contributed by atoms with Gasteiger partial charge < -0.3 is 19.8 Å². The summed E-state index contributed by atoms with van der Waals surface area (Å²) in [6.45, 7) is 0.575. The largest absolute Gasteiger partial charge is 0.497 e. The fourth-order valence-electron chi connectivity index (χ4n) is 1.94. The van der Waals surface area contributed by atoms with Gasteiger partial charge in [-0.15, -0.1) is 0 Å². The Kier molecular flexibility index (Phi) is 4.20. The quantitative estimate of drug-likeness (QED) is 0.726. The Balaban J connectivity index is 1.65. The summed E-state index contributed by atoms with van der Waals surface area (Å²) in [6.07, 6.45) is 3.16. The highest BCUT2D eigenvalue weighted by atomic mass is 16.5. The Morgan fingerprint density at radius 3 is 2.64 bits per heavy atom. The van der Waals surface area contributed by atoms with Crippen molar-refractivity contribution in [1.29, 1.82) is 0 Å². The van der Waals surface area contributed by atoms with Crippen LogP contribution in [-0.4, -0.2) is 17.1 Å².